The predicted molar refractivity (Wildman–Crippen MR) is 198 cm³/mol. The van der Waals surface area contributed by atoms with Crippen LogP contribution in [0.1, 0.15) is 50.2 Å². The molecule has 1 amide bonds. The molecule has 1 atom stereocenters. The number of benzene rings is 2. The van der Waals surface area contributed by atoms with E-state index in [-0.39, 0.29) is 22.1 Å². The zero-order valence-electron chi connectivity index (χ0n) is 30.3. The summed E-state index contributed by atoms with van der Waals surface area (Å²) >= 11 is 2.56. The third-order valence-corrected chi connectivity index (χ3v) is 11.0. The molecule has 57 heavy (non-hydrogen) atoms. The number of aromatic amines is 1. The average molecular weight is 851 g/mol. The van der Waals surface area contributed by atoms with Gasteiger partial charge in [-0.05, 0) is 55.5 Å². The Labute approximate surface area is 329 Å². The van der Waals surface area contributed by atoms with Gasteiger partial charge in [0.2, 0.25) is 0 Å². The molecule has 0 aliphatic carbocycles. The van der Waals surface area contributed by atoms with Crippen LogP contribution in [-0.2, 0) is 27.3 Å². The number of rotatable bonds is 9. The van der Waals surface area contributed by atoms with E-state index in [9.17, 15) is 46.1 Å². The molecule has 0 saturated carbocycles. The largest absolute Gasteiger partial charge is 0.506 e. The first-order valence-corrected chi connectivity index (χ1v) is 18.9. The number of nitrogens with one attached hydrogen (secondary N) is 2. The summed E-state index contributed by atoms with van der Waals surface area (Å²) in [6.45, 7) is 7.78. The van der Waals surface area contributed by atoms with Gasteiger partial charge in [-0.15, -0.1) is 11.3 Å². The molecule has 2 fully saturated rings. The minimum Gasteiger partial charge on any atom is -0.506 e. The number of phenols is 1. The van der Waals surface area contributed by atoms with Crippen molar-refractivity contribution in [1.82, 2.24) is 20.1 Å². The number of aryl methyl sites for hydroxylation is 1. The van der Waals surface area contributed by atoms with Crippen LogP contribution in [0.2, 0.25) is 0 Å². The summed E-state index contributed by atoms with van der Waals surface area (Å²) in [7, 11) is 0. The maximum atomic E-state index is 13.0. The van der Waals surface area contributed by atoms with Crippen molar-refractivity contribution < 1.29 is 65.9 Å². The van der Waals surface area contributed by atoms with E-state index < -0.39 is 30.4 Å². The number of H-pyrrole nitrogens is 1. The fourth-order valence-corrected chi connectivity index (χ4v) is 7.91. The highest BCUT2D eigenvalue weighted by atomic mass is 32.1. The number of aliphatic hydroxyl groups excluding tert-OH is 1. The van der Waals surface area contributed by atoms with Crippen molar-refractivity contribution >= 4 is 50.7 Å². The fourth-order valence-electron chi connectivity index (χ4n) is 6.16. The van der Waals surface area contributed by atoms with Gasteiger partial charge in [-0.25, -0.2) is 9.59 Å². The van der Waals surface area contributed by atoms with Crippen LogP contribution in [0.3, 0.4) is 0 Å². The van der Waals surface area contributed by atoms with Gasteiger partial charge in [0.25, 0.3) is 5.91 Å². The fraction of sp³-hybridized carbons (Fsp3) is 0.444. The highest BCUT2D eigenvalue weighted by molar-refractivity contribution is 7.16. The number of nitrogens with zero attached hydrogens (tertiary/aromatic N) is 2. The lowest BCUT2D eigenvalue weighted by molar-refractivity contribution is -0.193. The number of aliphatic carboxylic acids is 2. The molecular weight excluding hydrogens is 811 g/mol. The molecule has 1 spiro atoms. The molecule has 21 heteroatoms. The van der Waals surface area contributed by atoms with Crippen molar-refractivity contribution in [3.05, 3.63) is 84.6 Å². The van der Waals surface area contributed by atoms with Crippen molar-refractivity contribution in [2.24, 2.45) is 0 Å². The van der Waals surface area contributed by atoms with Crippen LogP contribution in [-0.4, -0.2) is 117 Å². The van der Waals surface area contributed by atoms with Crippen LogP contribution in [0.25, 0.3) is 10.2 Å². The first kappa shape index (κ1) is 45.2. The van der Waals surface area contributed by atoms with E-state index in [2.05, 4.69) is 39.5 Å². The standard InChI is InChI=1S/C32H38N4O5S2.2C2HF3O2/c1-21-5-8-27(42-21)30(39)36-15-16-41-32(20-36)10-13-35(14-11-32)12-9-22-3-2-4-23(17-22)18-33-19-26(38)24-6-7-25(37)28-29(24)43-31(40)34-28;2*3-2(4,5)1(6)7/h2-8,17,26,33,37-38H,9-16,18-20H2,1H3,(H,34,40);2*(H,6,7)/t26-;;/m0../s1. The number of amides is 1. The molecule has 2 aromatic carbocycles. The van der Waals surface area contributed by atoms with Gasteiger partial charge in [0, 0.05) is 49.7 Å². The lowest BCUT2D eigenvalue weighted by atomic mass is 9.89. The minimum atomic E-state index is -5.08. The maximum absolute atomic E-state index is 13.0. The number of carboxylic acids is 2. The number of ether oxygens (including phenoxy) is 1. The number of thiophene rings is 1. The number of carbonyl (C=O) groups is 3. The van der Waals surface area contributed by atoms with E-state index in [1.165, 1.54) is 11.6 Å². The predicted octanol–water partition coefficient (Wildman–Crippen LogP) is 5.30. The number of aromatic nitrogens is 1. The summed E-state index contributed by atoms with van der Waals surface area (Å²) in [6, 6.07) is 15.6. The molecule has 6 N–H and O–H groups in total. The number of morpholine rings is 1. The van der Waals surface area contributed by atoms with Gasteiger partial charge >= 0.3 is 29.2 Å². The van der Waals surface area contributed by atoms with Gasteiger partial charge in [-0.2, -0.15) is 26.3 Å². The van der Waals surface area contributed by atoms with Crippen molar-refractivity contribution in [1.29, 1.82) is 0 Å². The molecule has 2 aliphatic rings. The summed E-state index contributed by atoms with van der Waals surface area (Å²) < 4.78 is 70.4. The Morgan fingerprint density at radius 2 is 1.58 bits per heavy atom. The maximum Gasteiger partial charge on any atom is 0.490 e. The number of carbonyl (C=O) groups excluding carboxylic acids is 1. The summed E-state index contributed by atoms with van der Waals surface area (Å²) in [5.41, 5.74) is 3.17. The topological polar surface area (TPSA) is 193 Å². The van der Waals surface area contributed by atoms with Gasteiger partial charge < -0.3 is 45.3 Å². The molecule has 2 aliphatic heterocycles. The number of hydrogen-bond acceptors (Lipinski definition) is 11. The first-order valence-electron chi connectivity index (χ1n) is 17.3. The Morgan fingerprint density at radius 3 is 2.18 bits per heavy atom. The number of aromatic hydroxyl groups is 1. The highest BCUT2D eigenvalue weighted by Gasteiger charge is 2.41. The number of thiazole rings is 1. The second-order valence-corrected chi connectivity index (χ2v) is 15.5. The molecule has 13 nitrogen and oxygen atoms in total. The highest BCUT2D eigenvalue weighted by Crippen LogP contribution is 2.33. The number of piperidine rings is 1. The van der Waals surface area contributed by atoms with E-state index in [0.717, 1.165) is 65.6 Å². The Hall–Kier alpha value is -4.54. The van der Waals surface area contributed by atoms with Crippen LogP contribution in [0.4, 0.5) is 26.3 Å². The molecule has 2 aromatic heterocycles. The van der Waals surface area contributed by atoms with Gasteiger partial charge in [0.05, 0.1) is 34.4 Å². The second-order valence-electron chi connectivity index (χ2n) is 13.2. The average Bonchev–Trinajstić information content (AvgIpc) is 3.77. The van der Waals surface area contributed by atoms with E-state index in [1.807, 2.05) is 24.0 Å². The molecule has 0 unspecified atom stereocenters. The van der Waals surface area contributed by atoms with E-state index >= 15 is 0 Å². The van der Waals surface area contributed by atoms with Crippen LogP contribution in [0.5, 0.6) is 5.75 Å². The Morgan fingerprint density at radius 1 is 0.947 bits per heavy atom. The molecule has 2 saturated heterocycles. The Balaban J connectivity index is 0.000000440. The zero-order valence-corrected chi connectivity index (χ0v) is 31.9. The second kappa shape index (κ2) is 19.3. The van der Waals surface area contributed by atoms with Crippen molar-refractivity contribution in [3.8, 4) is 5.75 Å². The third kappa shape index (κ3) is 13.0. The van der Waals surface area contributed by atoms with Crippen molar-refractivity contribution in [2.45, 2.75) is 56.8 Å². The molecule has 0 bridgehead atoms. The number of phenolic OH excluding ortho intramolecular Hbond substituents is 1. The number of likely N-dealkylation sites (tertiary alicyclic amines) is 1. The first-order chi connectivity index (χ1) is 26.7. The smallest absolute Gasteiger partial charge is 0.490 e. The third-order valence-electron chi connectivity index (χ3n) is 9.06. The number of hydrogen-bond donors (Lipinski definition) is 6. The minimum absolute atomic E-state index is 0.00322. The van der Waals surface area contributed by atoms with Crippen molar-refractivity contribution in [2.75, 3.05) is 45.9 Å². The van der Waals surface area contributed by atoms with Gasteiger partial charge in [0.15, 0.2) is 0 Å². The number of halogens is 6. The van der Waals surface area contributed by atoms with Gasteiger partial charge in [-0.1, -0.05) is 41.7 Å². The van der Waals surface area contributed by atoms with E-state index in [0.29, 0.717) is 48.6 Å². The molecular formula is C36H40F6N4O9S2. The molecule has 4 heterocycles. The van der Waals surface area contributed by atoms with Crippen LogP contribution in [0, 0.1) is 6.92 Å². The molecule has 312 valence electrons. The number of aliphatic hydroxyl groups is 1. The summed E-state index contributed by atoms with van der Waals surface area (Å²) in [5.74, 6) is -5.38. The molecule has 0 radical (unpaired) electrons. The summed E-state index contributed by atoms with van der Waals surface area (Å²) in [4.78, 5) is 51.4. The number of fused-ring (bicyclic) bond motifs is 1. The molecule has 4 aromatic rings. The quantitative estimate of drug-likeness (QED) is 0.120. The van der Waals surface area contributed by atoms with Crippen LogP contribution < -0.4 is 10.2 Å². The van der Waals surface area contributed by atoms with Crippen LogP contribution in [0.15, 0.2) is 53.3 Å². The summed E-state index contributed by atoms with van der Waals surface area (Å²) in [6.07, 6.45) is -8.16. The van der Waals surface area contributed by atoms with Crippen LogP contribution >= 0.6 is 22.7 Å². The Kier molecular flexibility index (Phi) is 15.3. The van der Waals surface area contributed by atoms with E-state index in [1.54, 1.807) is 17.4 Å². The monoisotopic (exact) mass is 850 g/mol. The lowest BCUT2D eigenvalue weighted by Gasteiger charge is -2.47. The summed E-state index contributed by atoms with van der Waals surface area (Å²) in [5, 5.41) is 38.4. The van der Waals surface area contributed by atoms with Crippen molar-refractivity contribution in [3.63, 3.8) is 0 Å². The van der Waals surface area contributed by atoms with E-state index in [4.69, 9.17) is 24.5 Å². The SMILES string of the molecule is Cc1ccc(C(=O)N2CCOC3(CCN(CCc4cccc(CNC[C@H](O)c5ccc(O)c6[nH]c(=O)sc56)c4)CC3)C2)s1.O=C(O)C(F)(F)F.O=C(O)C(F)(F)F. The zero-order chi connectivity index (χ0) is 42.1. The number of alkyl halides is 6. The van der Waals surface area contributed by atoms with Gasteiger partial charge in [-0.3, -0.25) is 9.59 Å². The normalized spacial score (nSPS) is 16.3. The number of carboxylic acid groups (broad SMARTS) is 2. The molecule has 6 rings (SSSR count). The Bertz CT molecular complexity index is 2040. The lowest BCUT2D eigenvalue weighted by Crippen LogP contribution is -2.58. The van der Waals surface area contributed by atoms with Gasteiger partial charge in [0.1, 0.15) is 11.3 Å².